The monoisotopic (exact) mass is 143 g/mol. The Morgan fingerprint density at radius 1 is 1.20 bits per heavy atom. The molecule has 1 radical (unpaired) electrons. The minimum absolute atomic E-state index is 0.317. The van der Waals surface area contributed by atoms with Crippen molar-refractivity contribution < 1.29 is 9.90 Å². The fourth-order valence-corrected chi connectivity index (χ4v) is 0.807. The van der Waals surface area contributed by atoms with Crippen LogP contribution in [0.2, 0.25) is 0 Å². The molecular formula is C8H15O2. The molecule has 0 aromatic rings. The highest BCUT2D eigenvalue weighted by Gasteiger charge is 1.94. The predicted octanol–water partition coefficient (Wildman–Crippen LogP) is 2.25. The Balaban J connectivity index is 2.84. The number of carbonyl (C=O) groups is 1. The van der Waals surface area contributed by atoms with Gasteiger partial charge < -0.3 is 5.11 Å². The van der Waals surface area contributed by atoms with Gasteiger partial charge in [-0.2, -0.15) is 0 Å². The summed E-state index contributed by atoms with van der Waals surface area (Å²) in [6, 6.07) is 0. The first kappa shape index (κ1) is 9.47. The topological polar surface area (TPSA) is 37.3 Å². The number of hydrogen-bond donors (Lipinski definition) is 1. The van der Waals surface area contributed by atoms with Gasteiger partial charge in [-0.15, -0.1) is 0 Å². The minimum atomic E-state index is -0.686. The van der Waals surface area contributed by atoms with E-state index in [1.807, 2.05) is 0 Å². The first-order chi connectivity index (χ1) is 4.77. The summed E-state index contributed by atoms with van der Waals surface area (Å²) >= 11 is 0. The molecule has 0 atom stereocenters. The van der Waals surface area contributed by atoms with Gasteiger partial charge in [-0.25, -0.2) is 0 Å². The Morgan fingerprint density at radius 2 is 1.80 bits per heavy atom. The Bertz CT molecular complexity index is 89.3. The molecular weight excluding hydrogens is 128 g/mol. The van der Waals surface area contributed by atoms with Gasteiger partial charge in [0.15, 0.2) is 0 Å². The molecule has 2 nitrogen and oxygen atoms in total. The quantitative estimate of drug-likeness (QED) is 0.579. The average Bonchev–Trinajstić information content (AvgIpc) is 1.87. The van der Waals surface area contributed by atoms with Crippen LogP contribution >= 0.6 is 0 Å². The van der Waals surface area contributed by atoms with E-state index in [9.17, 15) is 4.79 Å². The van der Waals surface area contributed by atoms with Crippen LogP contribution < -0.4 is 0 Å². The standard InChI is InChI=1S/C8H15O2/c1-2-3-4-5-6-7-8(9)10/h1-7H2,(H,9,10). The summed E-state index contributed by atoms with van der Waals surface area (Å²) < 4.78 is 0. The molecule has 0 heterocycles. The molecule has 0 fully saturated rings. The zero-order chi connectivity index (χ0) is 7.82. The Morgan fingerprint density at radius 3 is 2.30 bits per heavy atom. The molecule has 10 heavy (non-hydrogen) atoms. The van der Waals surface area contributed by atoms with Gasteiger partial charge in [0.1, 0.15) is 0 Å². The van der Waals surface area contributed by atoms with E-state index >= 15 is 0 Å². The maximum Gasteiger partial charge on any atom is 0.303 e. The van der Waals surface area contributed by atoms with Crippen LogP contribution in [0, 0.1) is 6.92 Å². The van der Waals surface area contributed by atoms with Gasteiger partial charge in [-0.05, 0) is 6.42 Å². The lowest BCUT2D eigenvalue weighted by atomic mass is 10.1. The van der Waals surface area contributed by atoms with Gasteiger partial charge in [0, 0.05) is 6.42 Å². The highest BCUT2D eigenvalue weighted by Crippen LogP contribution is 2.03. The van der Waals surface area contributed by atoms with Crippen molar-refractivity contribution in [2.45, 2.75) is 38.5 Å². The molecule has 0 saturated heterocycles. The summed E-state index contributed by atoms with van der Waals surface area (Å²) in [5, 5.41) is 8.26. The lowest BCUT2D eigenvalue weighted by Gasteiger charge is -1.95. The summed E-state index contributed by atoms with van der Waals surface area (Å²) in [4.78, 5) is 10.0. The smallest absolute Gasteiger partial charge is 0.303 e. The molecule has 1 N–H and O–H groups in total. The average molecular weight is 143 g/mol. The molecule has 0 aromatic carbocycles. The van der Waals surface area contributed by atoms with Crippen molar-refractivity contribution in [1.82, 2.24) is 0 Å². The predicted molar refractivity (Wildman–Crippen MR) is 40.7 cm³/mol. The van der Waals surface area contributed by atoms with Crippen LogP contribution in [-0.2, 0) is 4.79 Å². The van der Waals surface area contributed by atoms with Crippen molar-refractivity contribution in [2.24, 2.45) is 0 Å². The zero-order valence-corrected chi connectivity index (χ0v) is 6.31. The van der Waals surface area contributed by atoms with Crippen LogP contribution in [0.1, 0.15) is 38.5 Å². The highest BCUT2D eigenvalue weighted by atomic mass is 16.4. The second kappa shape index (κ2) is 6.59. The Labute approximate surface area is 62.2 Å². The van der Waals surface area contributed by atoms with Crippen molar-refractivity contribution in [3.8, 4) is 0 Å². The SMILES string of the molecule is [CH2]CCCCCCC(=O)O. The van der Waals surface area contributed by atoms with Crippen LogP contribution in [-0.4, -0.2) is 11.1 Å². The van der Waals surface area contributed by atoms with E-state index in [0.717, 1.165) is 32.1 Å². The number of hydrogen-bond acceptors (Lipinski definition) is 1. The second-order valence-electron chi connectivity index (χ2n) is 2.41. The van der Waals surface area contributed by atoms with E-state index in [0.29, 0.717) is 6.42 Å². The highest BCUT2D eigenvalue weighted by molar-refractivity contribution is 5.66. The van der Waals surface area contributed by atoms with Gasteiger partial charge in [0.2, 0.25) is 0 Å². The van der Waals surface area contributed by atoms with Crippen LogP contribution in [0.4, 0.5) is 0 Å². The first-order valence-corrected chi connectivity index (χ1v) is 3.78. The fourth-order valence-electron chi connectivity index (χ4n) is 0.807. The van der Waals surface area contributed by atoms with E-state index in [-0.39, 0.29) is 0 Å². The Hall–Kier alpha value is -0.530. The summed E-state index contributed by atoms with van der Waals surface area (Å²) in [6.07, 6.45) is 5.37. The van der Waals surface area contributed by atoms with Gasteiger partial charge >= 0.3 is 5.97 Å². The lowest BCUT2D eigenvalue weighted by molar-refractivity contribution is -0.137. The van der Waals surface area contributed by atoms with Crippen molar-refractivity contribution in [3.63, 3.8) is 0 Å². The number of carboxylic acids is 1. The van der Waals surface area contributed by atoms with Gasteiger partial charge in [-0.1, -0.05) is 32.6 Å². The number of aliphatic carboxylic acids is 1. The number of unbranched alkanes of at least 4 members (excludes halogenated alkanes) is 4. The van der Waals surface area contributed by atoms with E-state index in [1.165, 1.54) is 0 Å². The first-order valence-electron chi connectivity index (χ1n) is 3.78. The largest absolute Gasteiger partial charge is 0.481 e. The third kappa shape index (κ3) is 7.47. The maximum absolute atomic E-state index is 10.0. The van der Waals surface area contributed by atoms with Crippen LogP contribution in [0.25, 0.3) is 0 Å². The molecule has 0 rings (SSSR count). The van der Waals surface area contributed by atoms with Crippen molar-refractivity contribution >= 4 is 5.97 Å². The zero-order valence-electron chi connectivity index (χ0n) is 6.31. The van der Waals surface area contributed by atoms with Crippen LogP contribution in [0.3, 0.4) is 0 Å². The number of carboxylic acid groups (broad SMARTS) is 1. The number of rotatable bonds is 6. The molecule has 2 heteroatoms. The molecule has 0 unspecified atom stereocenters. The fraction of sp³-hybridized carbons (Fsp3) is 0.750. The summed E-state index contributed by atoms with van der Waals surface area (Å²) in [7, 11) is 0. The minimum Gasteiger partial charge on any atom is -0.481 e. The summed E-state index contributed by atoms with van der Waals surface area (Å²) in [5.41, 5.74) is 0. The van der Waals surface area contributed by atoms with Crippen molar-refractivity contribution in [3.05, 3.63) is 6.92 Å². The summed E-state index contributed by atoms with van der Waals surface area (Å²) in [6.45, 7) is 3.70. The Kier molecular flexibility index (Phi) is 6.24. The van der Waals surface area contributed by atoms with E-state index in [1.54, 1.807) is 0 Å². The van der Waals surface area contributed by atoms with E-state index < -0.39 is 5.97 Å². The molecule has 0 bridgehead atoms. The molecule has 0 spiro atoms. The maximum atomic E-state index is 10.0. The van der Waals surface area contributed by atoms with Crippen LogP contribution in [0.15, 0.2) is 0 Å². The molecule has 59 valence electrons. The second-order valence-corrected chi connectivity index (χ2v) is 2.41. The normalized spacial score (nSPS) is 9.70. The van der Waals surface area contributed by atoms with Crippen molar-refractivity contribution in [1.29, 1.82) is 0 Å². The molecule has 0 aliphatic rings. The van der Waals surface area contributed by atoms with Crippen LogP contribution in [0.5, 0.6) is 0 Å². The molecule has 0 aromatic heterocycles. The molecule has 0 aliphatic heterocycles. The van der Waals surface area contributed by atoms with Gasteiger partial charge in [-0.3, -0.25) is 4.79 Å². The lowest BCUT2D eigenvalue weighted by Crippen LogP contribution is -1.93. The van der Waals surface area contributed by atoms with Gasteiger partial charge in [0.05, 0.1) is 0 Å². The molecule has 0 saturated carbocycles. The molecule has 0 amide bonds. The van der Waals surface area contributed by atoms with E-state index in [2.05, 4.69) is 6.92 Å². The molecule has 0 aliphatic carbocycles. The van der Waals surface area contributed by atoms with E-state index in [4.69, 9.17) is 5.11 Å². The van der Waals surface area contributed by atoms with Gasteiger partial charge in [0.25, 0.3) is 0 Å². The van der Waals surface area contributed by atoms with Crippen molar-refractivity contribution in [2.75, 3.05) is 0 Å². The third-order valence-corrected chi connectivity index (χ3v) is 1.39. The summed E-state index contributed by atoms with van der Waals surface area (Å²) in [5.74, 6) is -0.686. The third-order valence-electron chi connectivity index (χ3n) is 1.39.